The first-order valence-corrected chi connectivity index (χ1v) is 7.95. The van der Waals surface area contributed by atoms with Crippen LogP contribution in [0.2, 0.25) is 0 Å². The first-order chi connectivity index (χ1) is 8.38. The van der Waals surface area contributed by atoms with Gasteiger partial charge >= 0.3 is 0 Å². The van der Waals surface area contributed by atoms with Crippen molar-refractivity contribution in [3.8, 4) is 0 Å². The lowest BCUT2D eigenvalue weighted by molar-refractivity contribution is 0.893. The summed E-state index contributed by atoms with van der Waals surface area (Å²) < 4.78 is 0. The van der Waals surface area contributed by atoms with E-state index in [4.69, 9.17) is 11.6 Å². The minimum Gasteiger partial charge on any atom is -0.245 e. The number of aryl methyl sites for hydroxylation is 1. The van der Waals surface area contributed by atoms with Crippen LogP contribution >= 0.6 is 34.7 Å². The highest BCUT2D eigenvalue weighted by molar-refractivity contribution is 7.98. The normalized spacial score (nSPS) is 10.6. The van der Waals surface area contributed by atoms with Crippen LogP contribution in [0.15, 0.2) is 40.6 Å². The van der Waals surface area contributed by atoms with Crippen LogP contribution in [0.4, 0.5) is 0 Å². The first-order valence-electron chi connectivity index (χ1n) is 5.55. The van der Waals surface area contributed by atoms with Crippen molar-refractivity contribution in [2.45, 2.75) is 23.5 Å². The molecule has 0 spiro atoms. The number of hydrogen-bond donors (Lipinski definition) is 0. The molecule has 2 rings (SSSR count). The molecule has 1 aromatic heterocycles. The lowest BCUT2D eigenvalue weighted by Gasteiger charge is -1.97. The number of aromatic nitrogens is 1. The van der Waals surface area contributed by atoms with Crippen LogP contribution in [0.25, 0.3) is 0 Å². The van der Waals surface area contributed by atoms with Crippen LogP contribution < -0.4 is 0 Å². The average molecular weight is 284 g/mol. The van der Waals surface area contributed by atoms with Crippen LogP contribution in [-0.4, -0.2) is 10.9 Å². The number of nitrogens with zero attached hydrogens (tertiary/aromatic N) is 1. The minimum atomic E-state index is 0.714. The van der Waals surface area contributed by atoms with Crippen molar-refractivity contribution in [2.24, 2.45) is 0 Å². The molecule has 1 nitrogen and oxygen atoms in total. The van der Waals surface area contributed by atoms with Crippen LogP contribution in [0.3, 0.4) is 0 Å². The molecule has 0 atom stereocenters. The number of thioether (sulfide) groups is 1. The first kappa shape index (κ1) is 12.9. The number of rotatable bonds is 6. The van der Waals surface area contributed by atoms with Crippen molar-refractivity contribution >= 4 is 34.7 Å². The Balaban J connectivity index is 1.85. The lowest BCUT2D eigenvalue weighted by Crippen LogP contribution is -1.87. The zero-order valence-corrected chi connectivity index (χ0v) is 11.8. The number of thiazole rings is 1. The molecule has 0 saturated heterocycles. The Hall–Kier alpha value is -0.510. The summed E-state index contributed by atoms with van der Waals surface area (Å²) in [6, 6.07) is 10.4. The molecule has 0 fully saturated rings. The highest BCUT2D eigenvalue weighted by Crippen LogP contribution is 2.24. The standard InChI is InChI=1S/C13H14ClNS2/c14-8-4-5-11-9-17-13(15-11)10-16-12-6-2-1-3-7-12/h1-3,6-7,9H,4-5,8,10H2. The van der Waals surface area contributed by atoms with Gasteiger partial charge in [0, 0.05) is 16.2 Å². The molecule has 0 unspecified atom stereocenters. The Morgan fingerprint density at radius 2 is 2.06 bits per heavy atom. The van der Waals surface area contributed by atoms with Crippen LogP contribution in [0.1, 0.15) is 17.1 Å². The largest absolute Gasteiger partial charge is 0.245 e. The highest BCUT2D eigenvalue weighted by Gasteiger charge is 2.02. The molecule has 0 saturated carbocycles. The maximum Gasteiger partial charge on any atom is 0.103 e. The number of alkyl halides is 1. The second kappa shape index (κ2) is 7.04. The Kier molecular flexibility index (Phi) is 5.36. The summed E-state index contributed by atoms with van der Waals surface area (Å²) in [4.78, 5) is 5.90. The van der Waals surface area contributed by atoms with E-state index in [0.717, 1.165) is 18.6 Å². The molecular formula is C13H14ClNS2. The predicted molar refractivity (Wildman–Crippen MR) is 77.2 cm³/mol. The molecule has 0 N–H and O–H groups in total. The molecule has 0 aliphatic heterocycles. The van der Waals surface area contributed by atoms with Gasteiger partial charge in [0.1, 0.15) is 5.01 Å². The fourth-order valence-corrected chi connectivity index (χ4v) is 3.34. The second-order valence-electron chi connectivity index (χ2n) is 3.63. The molecule has 0 amide bonds. The molecule has 4 heteroatoms. The SMILES string of the molecule is ClCCCc1csc(CSc2ccccc2)n1. The average Bonchev–Trinajstić information content (AvgIpc) is 2.83. The second-order valence-corrected chi connectivity index (χ2v) is 6.00. The molecule has 2 aromatic rings. The molecule has 0 aliphatic rings. The van der Waals surface area contributed by atoms with Crippen molar-refractivity contribution in [1.82, 2.24) is 4.98 Å². The van der Waals surface area contributed by atoms with Crippen LogP contribution in [0.5, 0.6) is 0 Å². The Bertz CT molecular complexity index is 442. The molecule has 1 aromatic carbocycles. The van der Waals surface area contributed by atoms with Gasteiger partial charge in [0.2, 0.25) is 0 Å². The van der Waals surface area contributed by atoms with Gasteiger partial charge in [-0.2, -0.15) is 0 Å². The lowest BCUT2D eigenvalue weighted by atomic mass is 10.3. The van der Waals surface area contributed by atoms with Crippen LogP contribution in [-0.2, 0) is 12.2 Å². The van der Waals surface area contributed by atoms with E-state index in [1.54, 1.807) is 11.3 Å². The van der Waals surface area contributed by atoms with Crippen molar-refractivity contribution in [3.63, 3.8) is 0 Å². The van der Waals surface area contributed by atoms with Gasteiger partial charge in [-0.25, -0.2) is 4.98 Å². The van der Waals surface area contributed by atoms with E-state index in [1.807, 2.05) is 17.8 Å². The summed E-state index contributed by atoms with van der Waals surface area (Å²) in [6.45, 7) is 0. The van der Waals surface area contributed by atoms with Crippen molar-refractivity contribution in [1.29, 1.82) is 0 Å². The molecule has 0 radical (unpaired) electrons. The van der Waals surface area contributed by atoms with Gasteiger partial charge < -0.3 is 0 Å². The van der Waals surface area contributed by atoms with Gasteiger partial charge in [-0.05, 0) is 25.0 Å². The summed E-state index contributed by atoms with van der Waals surface area (Å²) >= 11 is 9.25. The molecule has 90 valence electrons. The van der Waals surface area contributed by atoms with E-state index in [-0.39, 0.29) is 0 Å². The van der Waals surface area contributed by atoms with Gasteiger partial charge in [-0.1, -0.05) is 18.2 Å². The third-order valence-electron chi connectivity index (χ3n) is 2.27. The molecule has 0 bridgehead atoms. The maximum absolute atomic E-state index is 5.67. The third-order valence-corrected chi connectivity index (χ3v) is 4.64. The van der Waals surface area contributed by atoms with Crippen molar-refractivity contribution in [3.05, 3.63) is 46.4 Å². The van der Waals surface area contributed by atoms with Crippen molar-refractivity contribution in [2.75, 3.05) is 5.88 Å². The quantitative estimate of drug-likeness (QED) is 0.567. The fraction of sp³-hybridized carbons (Fsp3) is 0.308. The zero-order chi connectivity index (χ0) is 11.9. The maximum atomic E-state index is 5.67. The van der Waals surface area contributed by atoms with E-state index in [0.29, 0.717) is 5.88 Å². The van der Waals surface area contributed by atoms with Gasteiger partial charge in [0.25, 0.3) is 0 Å². The van der Waals surface area contributed by atoms with E-state index >= 15 is 0 Å². The number of hydrogen-bond acceptors (Lipinski definition) is 3. The molecule has 0 aliphatic carbocycles. The summed E-state index contributed by atoms with van der Waals surface area (Å²) in [5.74, 6) is 1.67. The van der Waals surface area contributed by atoms with E-state index in [9.17, 15) is 0 Å². The van der Waals surface area contributed by atoms with Gasteiger partial charge in [0.05, 0.1) is 11.4 Å². The van der Waals surface area contributed by atoms with E-state index < -0.39 is 0 Å². The summed E-state index contributed by atoms with van der Waals surface area (Å²) in [7, 11) is 0. The molecule has 17 heavy (non-hydrogen) atoms. The summed E-state index contributed by atoms with van der Waals surface area (Å²) in [6.07, 6.45) is 2.01. The van der Waals surface area contributed by atoms with Gasteiger partial charge in [-0.15, -0.1) is 34.7 Å². The minimum absolute atomic E-state index is 0.714. The number of halogens is 1. The van der Waals surface area contributed by atoms with Gasteiger partial charge in [0.15, 0.2) is 0 Å². The Morgan fingerprint density at radius 1 is 1.24 bits per heavy atom. The Labute approximate surface area is 115 Å². The van der Waals surface area contributed by atoms with Crippen molar-refractivity contribution < 1.29 is 0 Å². The molecule has 1 heterocycles. The molecular weight excluding hydrogens is 270 g/mol. The monoisotopic (exact) mass is 283 g/mol. The van der Waals surface area contributed by atoms with E-state index in [2.05, 4.69) is 34.6 Å². The smallest absolute Gasteiger partial charge is 0.103 e. The third kappa shape index (κ3) is 4.34. The van der Waals surface area contributed by atoms with E-state index in [1.165, 1.54) is 15.6 Å². The Morgan fingerprint density at radius 3 is 2.82 bits per heavy atom. The fourth-order valence-electron chi connectivity index (χ4n) is 1.44. The highest BCUT2D eigenvalue weighted by atomic mass is 35.5. The van der Waals surface area contributed by atoms with Crippen LogP contribution in [0, 0.1) is 0 Å². The zero-order valence-electron chi connectivity index (χ0n) is 9.43. The number of benzene rings is 1. The summed E-state index contributed by atoms with van der Waals surface area (Å²) in [5, 5.41) is 3.34. The topological polar surface area (TPSA) is 12.9 Å². The summed E-state index contributed by atoms with van der Waals surface area (Å²) in [5.41, 5.74) is 1.18. The predicted octanol–water partition coefficient (Wildman–Crippen LogP) is 4.61. The van der Waals surface area contributed by atoms with Gasteiger partial charge in [-0.3, -0.25) is 0 Å².